The van der Waals surface area contributed by atoms with Gasteiger partial charge in [0, 0.05) is 17.4 Å². The Morgan fingerprint density at radius 2 is 2.40 bits per heavy atom. The molecule has 3 atom stereocenters. The van der Waals surface area contributed by atoms with E-state index < -0.39 is 0 Å². The Morgan fingerprint density at radius 1 is 1.67 bits per heavy atom. The average Bonchev–Trinajstić information content (AvgIpc) is 2.74. The lowest BCUT2D eigenvalue weighted by Crippen LogP contribution is -2.15. The summed E-state index contributed by atoms with van der Waals surface area (Å²) < 4.78 is 6.58. The van der Waals surface area contributed by atoms with Crippen LogP contribution in [0.3, 0.4) is 0 Å². The molecule has 0 saturated carbocycles. The molecule has 1 nitrogen and oxygen atoms in total. The Morgan fingerprint density at radius 3 is 2.87 bits per heavy atom. The van der Waals surface area contributed by atoms with Gasteiger partial charge in [-0.05, 0) is 35.3 Å². The van der Waals surface area contributed by atoms with Crippen LogP contribution in [0.1, 0.15) is 23.0 Å². The first-order chi connectivity index (χ1) is 7.09. The molecule has 2 heterocycles. The minimum atomic E-state index is 0.328. The average molecular weight is 375 g/mol. The Balaban J connectivity index is 2.16. The summed E-state index contributed by atoms with van der Waals surface area (Å²) in [5, 5.41) is 0.797. The van der Waals surface area contributed by atoms with Crippen molar-refractivity contribution in [2.75, 3.05) is 6.61 Å². The number of alkyl halides is 1. The SMILES string of the molecule is CC1OCCC1C(Br)c1cc(Cl)c(Br)s1. The van der Waals surface area contributed by atoms with Gasteiger partial charge in [0.1, 0.15) is 0 Å². The van der Waals surface area contributed by atoms with E-state index in [0.717, 1.165) is 21.8 Å². The minimum absolute atomic E-state index is 0.328. The molecule has 0 amide bonds. The summed E-state index contributed by atoms with van der Waals surface area (Å²) in [6.07, 6.45) is 1.44. The normalized spacial score (nSPS) is 28.3. The van der Waals surface area contributed by atoms with Crippen molar-refractivity contribution < 1.29 is 4.74 Å². The first-order valence-electron chi connectivity index (χ1n) is 4.80. The third-order valence-electron chi connectivity index (χ3n) is 2.75. The molecule has 1 aromatic heterocycles. The molecule has 1 aliphatic rings. The number of ether oxygens (including phenoxy) is 1. The van der Waals surface area contributed by atoms with Crippen LogP contribution in [0, 0.1) is 5.92 Å². The lowest BCUT2D eigenvalue weighted by Gasteiger charge is -2.19. The van der Waals surface area contributed by atoms with Crippen molar-refractivity contribution in [1.82, 2.24) is 0 Å². The molecule has 1 aromatic rings. The summed E-state index contributed by atoms with van der Waals surface area (Å²) in [4.78, 5) is 1.62. The summed E-state index contributed by atoms with van der Waals surface area (Å²) in [5.41, 5.74) is 0. The molecule has 0 aromatic carbocycles. The van der Waals surface area contributed by atoms with Crippen molar-refractivity contribution in [3.8, 4) is 0 Å². The maximum atomic E-state index is 6.03. The van der Waals surface area contributed by atoms with Crippen LogP contribution in [0.25, 0.3) is 0 Å². The molecule has 0 aliphatic carbocycles. The van der Waals surface area contributed by atoms with Gasteiger partial charge in [-0.15, -0.1) is 11.3 Å². The molecule has 1 saturated heterocycles. The number of thiophene rings is 1. The molecule has 5 heteroatoms. The molecule has 0 radical (unpaired) electrons. The van der Waals surface area contributed by atoms with E-state index in [2.05, 4.69) is 38.8 Å². The number of hydrogen-bond acceptors (Lipinski definition) is 2. The predicted octanol–water partition coefficient (Wildman–Crippen LogP) is 5.03. The third kappa shape index (κ3) is 2.60. The summed E-state index contributed by atoms with van der Waals surface area (Å²) in [6, 6.07) is 2.03. The molecular formula is C10H11Br2ClOS. The van der Waals surface area contributed by atoms with E-state index >= 15 is 0 Å². The van der Waals surface area contributed by atoms with E-state index in [1.807, 2.05) is 6.07 Å². The molecule has 0 bridgehead atoms. The molecule has 1 aliphatic heterocycles. The van der Waals surface area contributed by atoms with Crippen molar-refractivity contribution >= 4 is 54.8 Å². The minimum Gasteiger partial charge on any atom is -0.378 e. The summed E-state index contributed by atoms with van der Waals surface area (Å²) in [7, 11) is 0. The number of rotatable bonds is 2. The van der Waals surface area contributed by atoms with Crippen LogP contribution in [0.4, 0.5) is 0 Å². The predicted molar refractivity (Wildman–Crippen MR) is 72.2 cm³/mol. The Labute approximate surface area is 115 Å². The standard InChI is InChI=1S/C10H11Br2ClOS/c1-5-6(2-3-14-5)9(11)8-4-7(13)10(12)15-8/h4-6,9H,2-3H2,1H3. The Kier molecular flexibility index (Phi) is 4.16. The fourth-order valence-electron chi connectivity index (χ4n) is 1.84. The van der Waals surface area contributed by atoms with Crippen LogP contribution >= 0.6 is 54.8 Å². The van der Waals surface area contributed by atoms with Crippen LogP contribution in [-0.2, 0) is 4.74 Å². The molecule has 2 rings (SSSR count). The van der Waals surface area contributed by atoms with Gasteiger partial charge in [-0.2, -0.15) is 0 Å². The first kappa shape index (κ1) is 12.4. The van der Waals surface area contributed by atoms with Crippen molar-refractivity contribution in [2.24, 2.45) is 5.92 Å². The van der Waals surface area contributed by atoms with Gasteiger partial charge < -0.3 is 4.74 Å². The molecule has 0 spiro atoms. The van der Waals surface area contributed by atoms with Crippen LogP contribution < -0.4 is 0 Å². The fraction of sp³-hybridized carbons (Fsp3) is 0.600. The maximum Gasteiger partial charge on any atom is 0.0887 e. The van der Waals surface area contributed by atoms with Crippen molar-refractivity contribution in [3.63, 3.8) is 0 Å². The lowest BCUT2D eigenvalue weighted by atomic mass is 9.98. The van der Waals surface area contributed by atoms with Gasteiger partial charge in [-0.25, -0.2) is 0 Å². The van der Waals surface area contributed by atoms with Gasteiger partial charge in [-0.1, -0.05) is 27.5 Å². The van der Waals surface area contributed by atoms with Gasteiger partial charge in [0.05, 0.1) is 19.7 Å². The lowest BCUT2D eigenvalue weighted by molar-refractivity contribution is 0.106. The van der Waals surface area contributed by atoms with Crippen molar-refractivity contribution in [2.45, 2.75) is 24.3 Å². The second-order valence-electron chi connectivity index (χ2n) is 3.70. The van der Waals surface area contributed by atoms with E-state index in [0.29, 0.717) is 16.8 Å². The zero-order valence-electron chi connectivity index (χ0n) is 8.17. The van der Waals surface area contributed by atoms with Crippen molar-refractivity contribution in [3.05, 3.63) is 19.8 Å². The van der Waals surface area contributed by atoms with Crippen LogP contribution in [0.5, 0.6) is 0 Å². The number of hydrogen-bond donors (Lipinski definition) is 0. The van der Waals surface area contributed by atoms with Crippen molar-refractivity contribution in [1.29, 1.82) is 0 Å². The smallest absolute Gasteiger partial charge is 0.0887 e. The largest absolute Gasteiger partial charge is 0.378 e. The molecule has 15 heavy (non-hydrogen) atoms. The van der Waals surface area contributed by atoms with E-state index in [-0.39, 0.29) is 0 Å². The first-order valence-corrected chi connectivity index (χ1v) is 7.70. The zero-order valence-corrected chi connectivity index (χ0v) is 12.9. The van der Waals surface area contributed by atoms with Gasteiger partial charge in [0.2, 0.25) is 0 Å². The van der Waals surface area contributed by atoms with Crippen LogP contribution in [-0.4, -0.2) is 12.7 Å². The van der Waals surface area contributed by atoms with Gasteiger partial charge >= 0.3 is 0 Å². The summed E-state index contributed by atoms with van der Waals surface area (Å²) in [6.45, 7) is 3.00. The molecule has 84 valence electrons. The Hall–Kier alpha value is 0.910. The van der Waals surface area contributed by atoms with E-state index in [4.69, 9.17) is 16.3 Å². The van der Waals surface area contributed by atoms with Crippen LogP contribution in [0.15, 0.2) is 9.85 Å². The quantitative estimate of drug-likeness (QED) is 0.660. The molecule has 0 N–H and O–H groups in total. The summed E-state index contributed by atoms with van der Waals surface area (Å²) in [5.74, 6) is 0.548. The highest BCUT2D eigenvalue weighted by Gasteiger charge is 2.32. The molecule has 3 unspecified atom stereocenters. The molecule has 1 fully saturated rings. The second-order valence-corrected chi connectivity index (χ2v) is 7.50. The van der Waals surface area contributed by atoms with Gasteiger partial charge in [0.25, 0.3) is 0 Å². The topological polar surface area (TPSA) is 9.23 Å². The van der Waals surface area contributed by atoms with Gasteiger partial charge in [0.15, 0.2) is 0 Å². The van der Waals surface area contributed by atoms with Gasteiger partial charge in [-0.3, -0.25) is 0 Å². The third-order valence-corrected chi connectivity index (χ3v) is 6.78. The second kappa shape index (κ2) is 5.05. The van der Waals surface area contributed by atoms with E-state index in [9.17, 15) is 0 Å². The highest BCUT2D eigenvalue weighted by atomic mass is 79.9. The Bertz CT molecular complexity index is 336. The number of halogens is 3. The molecular weight excluding hydrogens is 363 g/mol. The summed E-state index contributed by atoms with van der Waals surface area (Å²) >= 11 is 14.9. The maximum absolute atomic E-state index is 6.03. The van der Waals surface area contributed by atoms with E-state index in [1.165, 1.54) is 4.88 Å². The van der Waals surface area contributed by atoms with E-state index in [1.54, 1.807) is 11.3 Å². The highest BCUT2D eigenvalue weighted by molar-refractivity contribution is 9.11. The zero-order chi connectivity index (χ0) is 11.0. The highest BCUT2D eigenvalue weighted by Crippen LogP contribution is 2.45. The monoisotopic (exact) mass is 372 g/mol. The fourth-order valence-corrected chi connectivity index (χ4v) is 4.75. The van der Waals surface area contributed by atoms with Crippen LogP contribution in [0.2, 0.25) is 5.02 Å².